The van der Waals surface area contributed by atoms with E-state index in [0.717, 1.165) is 12.8 Å². The molecule has 2 heteroatoms. The topological polar surface area (TPSA) is 26.3 Å². The third kappa shape index (κ3) is 2.22. The van der Waals surface area contributed by atoms with Crippen molar-refractivity contribution >= 4 is 5.78 Å². The lowest BCUT2D eigenvalue weighted by Gasteiger charge is -2.19. The Labute approximate surface area is 72.9 Å². The molecule has 0 spiro atoms. The van der Waals surface area contributed by atoms with E-state index in [1.165, 1.54) is 0 Å². The lowest BCUT2D eigenvalue weighted by atomic mass is 10.1. The first kappa shape index (κ1) is 9.04. The van der Waals surface area contributed by atoms with Crippen molar-refractivity contribution in [3.63, 3.8) is 0 Å². The van der Waals surface area contributed by atoms with Crippen molar-refractivity contribution in [2.75, 3.05) is 0 Å². The van der Waals surface area contributed by atoms with Crippen LogP contribution >= 0.6 is 0 Å². The fourth-order valence-corrected chi connectivity index (χ4v) is 1.18. The Morgan fingerprint density at radius 2 is 2.67 bits per heavy atom. The molecule has 0 amide bonds. The van der Waals surface area contributed by atoms with E-state index >= 15 is 0 Å². The molecule has 1 aliphatic rings. The SMILES string of the molecule is C=CCC(=O)C1=CCCC(C)O1. The molecule has 0 bridgehead atoms. The summed E-state index contributed by atoms with van der Waals surface area (Å²) >= 11 is 0. The number of carbonyl (C=O) groups is 1. The third-order valence-electron chi connectivity index (χ3n) is 1.84. The maximum atomic E-state index is 11.3. The maximum Gasteiger partial charge on any atom is 0.200 e. The van der Waals surface area contributed by atoms with Gasteiger partial charge >= 0.3 is 0 Å². The van der Waals surface area contributed by atoms with Crippen LogP contribution in [-0.4, -0.2) is 11.9 Å². The molecule has 0 aromatic heterocycles. The molecule has 12 heavy (non-hydrogen) atoms. The quantitative estimate of drug-likeness (QED) is 0.601. The summed E-state index contributed by atoms with van der Waals surface area (Å²) in [5, 5.41) is 0. The highest BCUT2D eigenvalue weighted by Crippen LogP contribution is 2.17. The number of Topliss-reactive ketones (excluding diaryl/α,β-unsaturated/α-hetero) is 1. The molecule has 1 aliphatic heterocycles. The van der Waals surface area contributed by atoms with Gasteiger partial charge in [-0.1, -0.05) is 6.08 Å². The fraction of sp³-hybridized carbons (Fsp3) is 0.500. The molecule has 1 atom stereocenters. The monoisotopic (exact) mass is 166 g/mol. The molecular weight excluding hydrogens is 152 g/mol. The zero-order valence-electron chi connectivity index (χ0n) is 7.38. The number of ether oxygens (including phenoxy) is 1. The lowest BCUT2D eigenvalue weighted by Crippen LogP contribution is -2.17. The summed E-state index contributed by atoms with van der Waals surface area (Å²) in [7, 11) is 0. The molecular formula is C10H14O2. The molecule has 0 saturated carbocycles. The molecule has 1 unspecified atom stereocenters. The molecule has 0 radical (unpaired) electrons. The highest BCUT2D eigenvalue weighted by Gasteiger charge is 2.16. The average Bonchev–Trinajstić information content (AvgIpc) is 2.05. The summed E-state index contributed by atoms with van der Waals surface area (Å²) in [5.74, 6) is 0.560. The summed E-state index contributed by atoms with van der Waals surface area (Å²) in [4.78, 5) is 11.3. The van der Waals surface area contributed by atoms with Crippen LogP contribution in [-0.2, 0) is 9.53 Å². The summed E-state index contributed by atoms with van der Waals surface area (Å²) in [5.41, 5.74) is 0. The van der Waals surface area contributed by atoms with Crippen molar-refractivity contribution in [3.05, 3.63) is 24.5 Å². The predicted molar refractivity (Wildman–Crippen MR) is 47.7 cm³/mol. The molecule has 0 fully saturated rings. The molecule has 0 N–H and O–H groups in total. The summed E-state index contributed by atoms with van der Waals surface area (Å²) in [6, 6.07) is 0. The fourth-order valence-electron chi connectivity index (χ4n) is 1.18. The van der Waals surface area contributed by atoms with E-state index < -0.39 is 0 Å². The van der Waals surface area contributed by atoms with Gasteiger partial charge in [0.2, 0.25) is 5.78 Å². The Morgan fingerprint density at radius 1 is 1.92 bits per heavy atom. The van der Waals surface area contributed by atoms with Crippen molar-refractivity contribution in [3.8, 4) is 0 Å². The van der Waals surface area contributed by atoms with Gasteiger partial charge in [-0.05, 0) is 25.8 Å². The van der Waals surface area contributed by atoms with Crippen LogP contribution in [0, 0.1) is 0 Å². The highest BCUT2D eigenvalue weighted by atomic mass is 16.5. The van der Waals surface area contributed by atoms with Gasteiger partial charge in [-0.15, -0.1) is 6.58 Å². The first-order chi connectivity index (χ1) is 5.74. The minimum absolute atomic E-state index is 0.0385. The summed E-state index contributed by atoms with van der Waals surface area (Å²) < 4.78 is 5.36. The van der Waals surface area contributed by atoms with Crippen molar-refractivity contribution in [2.24, 2.45) is 0 Å². The second kappa shape index (κ2) is 4.10. The Kier molecular flexibility index (Phi) is 3.09. The summed E-state index contributed by atoms with van der Waals surface area (Å²) in [6.07, 6.45) is 5.97. The Hall–Kier alpha value is -1.05. The minimum atomic E-state index is 0.0385. The van der Waals surface area contributed by atoms with E-state index in [4.69, 9.17) is 4.74 Å². The van der Waals surface area contributed by atoms with Crippen LogP contribution in [0.3, 0.4) is 0 Å². The zero-order valence-corrected chi connectivity index (χ0v) is 7.38. The number of ketones is 1. The van der Waals surface area contributed by atoms with E-state index in [1.807, 2.05) is 13.0 Å². The van der Waals surface area contributed by atoms with Crippen LogP contribution in [0.1, 0.15) is 26.2 Å². The van der Waals surface area contributed by atoms with Crippen LogP contribution in [0.4, 0.5) is 0 Å². The Bertz CT molecular complexity index is 216. The minimum Gasteiger partial charge on any atom is -0.487 e. The van der Waals surface area contributed by atoms with E-state index in [1.54, 1.807) is 6.08 Å². The lowest BCUT2D eigenvalue weighted by molar-refractivity contribution is -0.119. The van der Waals surface area contributed by atoms with Crippen molar-refractivity contribution in [1.82, 2.24) is 0 Å². The second-order valence-corrected chi connectivity index (χ2v) is 2.99. The Morgan fingerprint density at radius 3 is 3.25 bits per heavy atom. The van der Waals surface area contributed by atoms with Gasteiger partial charge in [0.05, 0.1) is 6.10 Å². The van der Waals surface area contributed by atoms with Gasteiger partial charge in [0.15, 0.2) is 5.76 Å². The van der Waals surface area contributed by atoms with E-state index in [2.05, 4.69) is 6.58 Å². The first-order valence-corrected chi connectivity index (χ1v) is 4.25. The van der Waals surface area contributed by atoms with Crippen LogP contribution in [0.15, 0.2) is 24.5 Å². The van der Waals surface area contributed by atoms with E-state index in [9.17, 15) is 4.79 Å². The highest BCUT2D eigenvalue weighted by molar-refractivity contribution is 5.94. The van der Waals surface area contributed by atoms with E-state index in [0.29, 0.717) is 12.2 Å². The number of rotatable bonds is 3. The second-order valence-electron chi connectivity index (χ2n) is 2.99. The smallest absolute Gasteiger partial charge is 0.200 e. The molecule has 0 aromatic carbocycles. The third-order valence-corrected chi connectivity index (χ3v) is 1.84. The molecule has 0 saturated heterocycles. The van der Waals surface area contributed by atoms with Gasteiger partial charge in [-0.3, -0.25) is 4.79 Å². The van der Waals surface area contributed by atoms with Crippen LogP contribution in [0.25, 0.3) is 0 Å². The number of carbonyl (C=O) groups excluding carboxylic acids is 1. The molecule has 2 nitrogen and oxygen atoms in total. The van der Waals surface area contributed by atoms with Crippen LogP contribution < -0.4 is 0 Å². The molecule has 1 rings (SSSR count). The normalized spacial score (nSPS) is 22.4. The van der Waals surface area contributed by atoms with Crippen molar-refractivity contribution < 1.29 is 9.53 Å². The average molecular weight is 166 g/mol. The zero-order chi connectivity index (χ0) is 8.97. The molecule has 0 aliphatic carbocycles. The van der Waals surface area contributed by atoms with Gasteiger partial charge < -0.3 is 4.74 Å². The largest absolute Gasteiger partial charge is 0.487 e. The van der Waals surface area contributed by atoms with Gasteiger partial charge in [-0.2, -0.15) is 0 Å². The van der Waals surface area contributed by atoms with E-state index in [-0.39, 0.29) is 11.9 Å². The van der Waals surface area contributed by atoms with Crippen molar-refractivity contribution in [2.45, 2.75) is 32.3 Å². The van der Waals surface area contributed by atoms with Gasteiger partial charge in [0.1, 0.15) is 0 Å². The van der Waals surface area contributed by atoms with Gasteiger partial charge in [0, 0.05) is 6.42 Å². The van der Waals surface area contributed by atoms with Crippen LogP contribution in [0.2, 0.25) is 0 Å². The standard InChI is InChI=1S/C10H14O2/c1-3-5-9(11)10-7-4-6-8(2)12-10/h3,7-8H,1,4-6H2,2H3. The molecule has 0 aromatic rings. The van der Waals surface area contributed by atoms with Crippen molar-refractivity contribution in [1.29, 1.82) is 0 Å². The molecule has 1 heterocycles. The summed E-state index contributed by atoms with van der Waals surface area (Å²) in [6.45, 7) is 5.49. The number of allylic oxidation sites excluding steroid dienone is 3. The maximum absolute atomic E-state index is 11.3. The Balaban J connectivity index is 2.56. The number of hydrogen-bond acceptors (Lipinski definition) is 2. The first-order valence-electron chi connectivity index (χ1n) is 4.25. The van der Waals surface area contributed by atoms with Gasteiger partial charge in [0.25, 0.3) is 0 Å². The predicted octanol–water partition coefficient (Wildman–Crippen LogP) is 2.21. The number of hydrogen-bond donors (Lipinski definition) is 0. The molecule has 66 valence electrons. The van der Waals surface area contributed by atoms with Crippen LogP contribution in [0.5, 0.6) is 0 Å². The van der Waals surface area contributed by atoms with Gasteiger partial charge in [-0.25, -0.2) is 0 Å².